The Kier molecular flexibility index (Phi) is 3.69. The van der Waals surface area contributed by atoms with E-state index in [-0.39, 0.29) is 12.3 Å². The van der Waals surface area contributed by atoms with Gasteiger partial charge >= 0.3 is 0 Å². The van der Waals surface area contributed by atoms with Crippen LogP contribution in [0.5, 0.6) is 0 Å². The van der Waals surface area contributed by atoms with Gasteiger partial charge in [0.1, 0.15) is 12.6 Å². The summed E-state index contributed by atoms with van der Waals surface area (Å²) < 4.78 is 5.80. The van der Waals surface area contributed by atoms with Crippen LogP contribution in [0.1, 0.15) is 11.8 Å². The molecule has 1 aromatic rings. The average Bonchev–Trinajstić information content (AvgIpc) is 2.77. The maximum Gasteiger partial charge on any atom is 0.217 e. The largest absolute Gasteiger partial charge is 0.378 e. The van der Waals surface area contributed by atoms with E-state index >= 15 is 0 Å². The van der Waals surface area contributed by atoms with Crippen LogP contribution in [0.3, 0.4) is 0 Å². The predicted molar refractivity (Wildman–Crippen MR) is 65.9 cm³/mol. The van der Waals surface area contributed by atoms with Gasteiger partial charge in [0.15, 0.2) is 0 Å². The summed E-state index contributed by atoms with van der Waals surface area (Å²) in [5, 5.41) is 2.19. The van der Waals surface area contributed by atoms with Crippen molar-refractivity contribution in [3.05, 3.63) is 29.8 Å². The van der Waals surface area contributed by atoms with Crippen molar-refractivity contribution in [2.75, 3.05) is 31.4 Å². The number of hydrogen-bond acceptors (Lipinski definition) is 2. The minimum absolute atomic E-state index is 0.111. The molecular formula is C12H18ClN2O+. The second kappa shape index (κ2) is 5.04. The predicted octanol–water partition coefficient (Wildman–Crippen LogP) is 0.952. The summed E-state index contributed by atoms with van der Waals surface area (Å²) in [7, 11) is 4.08. The summed E-state index contributed by atoms with van der Waals surface area (Å²) in [5.41, 5.74) is 2.41. The molecule has 1 aromatic carbocycles. The van der Waals surface area contributed by atoms with E-state index in [4.69, 9.17) is 16.3 Å². The Morgan fingerprint density at radius 2 is 2.06 bits per heavy atom. The van der Waals surface area contributed by atoms with Gasteiger partial charge in [-0.05, 0) is 24.3 Å². The zero-order valence-electron chi connectivity index (χ0n) is 9.69. The van der Waals surface area contributed by atoms with Gasteiger partial charge in [-0.15, -0.1) is 11.6 Å². The van der Waals surface area contributed by atoms with Gasteiger partial charge in [0, 0.05) is 25.3 Å². The third-order valence-electron chi connectivity index (χ3n) is 2.86. The highest BCUT2D eigenvalue weighted by molar-refractivity contribution is 6.18. The minimum atomic E-state index is 0.111. The highest BCUT2D eigenvalue weighted by Crippen LogP contribution is 2.19. The van der Waals surface area contributed by atoms with Crippen molar-refractivity contribution in [2.24, 2.45) is 0 Å². The van der Waals surface area contributed by atoms with Gasteiger partial charge in [-0.2, -0.15) is 0 Å². The van der Waals surface area contributed by atoms with E-state index in [1.165, 1.54) is 11.3 Å². The van der Waals surface area contributed by atoms with E-state index in [1.54, 1.807) is 0 Å². The standard InChI is InChI=1S/C12H17ClN2O/c1-15(2)10-5-3-9(4-6-10)12-14-8-11(7-13)16-12/h3-6,11-12,14H,7-8H2,1-2H3/p+1/t11-,12+/m0/s1. The van der Waals surface area contributed by atoms with Gasteiger partial charge < -0.3 is 15.0 Å². The van der Waals surface area contributed by atoms with E-state index in [2.05, 4.69) is 34.5 Å². The number of alkyl halides is 1. The van der Waals surface area contributed by atoms with Crippen LogP contribution in [0.15, 0.2) is 24.3 Å². The van der Waals surface area contributed by atoms with Crippen molar-refractivity contribution < 1.29 is 10.1 Å². The molecule has 0 amide bonds. The first-order chi connectivity index (χ1) is 7.70. The lowest BCUT2D eigenvalue weighted by atomic mass is 10.2. The average molecular weight is 242 g/mol. The van der Waals surface area contributed by atoms with E-state index in [9.17, 15) is 0 Å². The summed E-state index contributed by atoms with van der Waals surface area (Å²) in [6.07, 6.45) is 0.292. The molecule has 2 rings (SSSR count). The second-order valence-corrected chi connectivity index (χ2v) is 4.60. The SMILES string of the molecule is CN(C)c1ccc([C@@H]2[NH2+]C[C@H](CCl)O2)cc1. The van der Waals surface area contributed by atoms with E-state index < -0.39 is 0 Å². The highest BCUT2D eigenvalue weighted by Gasteiger charge is 2.28. The molecule has 0 saturated carbocycles. The van der Waals surface area contributed by atoms with Crippen LogP contribution in [0, 0.1) is 0 Å². The molecule has 0 spiro atoms. The van der Waals surface area contributed by atoms with Gasteiger partial charge in [-0.3, -0.25) is 0 Å². The van der Waals surface area contributed by atoms with Crippen molar-refractivity contribution >= 4 is 17.3 Å². The van der Waals surface area contributed by atoms with Crippen molar-refractivity contribution in [3.63, 3.8) is 0 Å². The molecule has 1 aliphatic heterocycles. The first kappa shape index (κ1) is 11.7. The van der Waals surface area contributed by atoms with Gasteiger partial charge in [-0.1, -0.05) is 0 Å². The molecule has 88 valence electrons. The van der Waals surface area contributed by atoms with E-state index in [0.29, 0.717) is 5.88 Å². The Labute approximate surface area is 101 Å². The summed E-state index contributed by atoms with van der Waals surface area (Å²) in [4.78, 5) is 2.09. The summed E-state index contributed by atoms with van der Waals surface area (Å²) in [6.45, 7) is 0.948. The monoisotopic (exact) mass is 241 g/mol. The lowest BCUT2D eigenvalue weighted by molar-refractivity contribution is -0.697. The fourth-order valence-corrected chi connectivity index (χ4v) is 2.07. The van der Waals surface area contributed by atoms with Crippen molar-refractivity contribution in [2.45, 2.75) is 12.3 Å². The number of nitrogens with zero attached hydrogens (tertiary/aromatic N) is 1. The molecular weight excluding hydrogens is 224 g/mol. The van der Waals surface area contributed by atoms with Gasteiger partial charge in [0.05, 0.1) is 5.88 Å². The molecule has 2 N–H and O–H groups in total. The van der Waals surface area contributed by atoms with Crippen LogP contribution in [-0.4, -0.2) is 32.6 Å². The van der Waals surface area contributed by atoms with Crippen LogP contribution < -0.4 is 10.2 Å². The number of quaternary nitrogens is 1. The van der Waals surface area contributed by atoms with Crippen LogP contribution in [-0.2, 0) is 4.74 Å². The number of ether oxygens (including phenoxy) is 1. The van der Waals surface area contributed by atoms with Crippen molar-refractivity contribution in [1.82, 2.24) is 0 Å². The molecule has 1 saturated heterocycles. The molecule has 1 heterocycles. The third kappa shape index (κ3) is 2.48. The molecule has 4 heteroatoms. The summed E-state index contributed by atoms with van der Waals surface area (Å²) in [6, 6.07) is 8.46. The Morgan fingerprint density at radius 3 is 2.56 bits per heavy atom. The molecule has 0 unspecified atom stereocenters. The number of anilines is 1. The molecule has 1 aliphatic rings. The zero-order chi connectivity index (χ0) is 11.5. The Hall–Kier alpha value is -0.770. The molecule has 0 aliphatic carbocycles. The first-order valence-corrected chi connectivity index (χ1v) is 6.06. The van der Waals surface area contributed by atoms with Gasteiger partial charge in [-0.25, -0.2) is 0 Å². The lowest BCUT2D eigenvalue weighted by Crippen LogP contribution is -2.82. The van der Waals surface area contributed by atoms with Crippen molar-refractivity contribution in [1.29, 1.82) is 0 Å². The first-order valence-electron chi connectivity index (χ1n) is 5.52. The molecule has 1 fully saturated rings. The second-order valence-electron chi connectivity index (χ2n) is 4.29. The number of nitrogens with two attached hydrogens (primary N) is 1. The Balaban J connectivity index is 2.05. The maximum absolute atomic E-state index is 5.80. The highest BCUT2D eigenvalue weighted by atomic mass is 35.5. The molecule has 16 heavy (non-hydrogen) atoms. The maximum atomic E-state index is 5.80. The van der Waals surface area contributed by atoms with E-state index in [1.807, 2.05) is 14.1 Å². The van der Waals surface area contributed by atoms with Gasteiger partial charge in [0.2, 0.25) is 6.23 Å². The van der Waals surface area contributed by atoms with Crippen molar-refractivity contribution in [3.8, 4) is 0 Å². The number of rotatable bonds is 3. The quantitative estimate of drug-likeness (QED) is 0.799. The molecule has 0 bridgehead atoms. The normalized spacial score (nSPS) is 24.7. The minimum Gasteiger partial charge on any atom is -0.378 e. The van der Waals surface area contributed by atoms with E-state index in [0.717, 1.165) is 6.54 Å². The number of halogens is 1. The summed E-state index contributed by atoms with van der Waals surface area (Å²) in [5.74, 6) is 0.572. The molecule has 3 nitrogen and oxygen atoms in total. The zero-order valence-corrected chi connectivity index (χ0v) is 10.4. The Bertz CT molecular complexity index is 339. The third-order valence-corrected chi connectivity index (χ3v) is 3.21. The number of hydrogen-bond donors (Lipinski definition) is 1. The molecule has 0 radical (unpaired) electrons. The smallest absolute Gasteiger partial charge is 0.217 e. The summed E-state index contributed by atoms with van der Waals surface area (Å²) >= 11 is 5.78. The Morgan fingerprint density at radius 1 is 1.38 bits per heavy atom. The van der Waals surface area contributed by atoms with Gasteiger partial charge in [0.25, 0.3) is 0 Å². The molecule has 0 aromatic heterocycles. The molecule has 2 atom stereocenters. The topological polar surface area (TPSA) is 29.1 Å². The van der Waals surface area contributed by atoms with Crippen LogP contribution in [0.4, 0.5) is 5.69 Å². The fourth-order valence-electron chi connectivity index (χ4n) is 1.87. The number of benzene rings is 1. The van der Waals surface area contributed by atoms with Crippen LogP contribution >= 0.6 is 11.6 Å². The fraction of sp³-hybridized carbons (Fsp3) is 0.500. The van der Waals surface area contributed by atoms with Crippen LogP contribution in [0.2, 0.25) is 0 Å². The van der Waals surface area contributed by atoms with Crippen LogP contribution in [0.25, 0.3) is 0 Å². The lowest BCUT2D eigenvalue weighted by Gasteiger charge is -2.14.